The van der Waals surface area contributed by atoms with E-state index in [9.17, 15) is 4.79 Å². The first kappa shape index (κ1) is 12.8. The van der Waals surface area contributed by atoms with Gasteiger partial charge in [-0.05, 0) is 23.6 Å². The minimum absolute atomic E-state index is 0.0292. The average molecular weight is 316 g/mol. The van der Waals surface area contributed by atoms with E-state index in [4.69, 9.17) is 13.4 Å². The normalized spacial score (nSPS) is 11.1. The molecule has 0 bridgehead atoms. The van der Waals surface area contributed by atoms with Crippen LogP contribution in [-0.2, 0) is 6.54 Å². The van der Waals surface area contributed by atoms with Crippen molar-refractivity contribution in [2.24, 2.45) is 0 Å². The van der Waals surface area contributed by atoms with Crippen LogP contribution in [0.1, 0.15) is 5.89 Å². The number of thiophene rings is 1. The van der Waals surface area contributed by atoms with Crippen LogP contribution in [0.5, 0.6) is 0 Å². The van der Waals surface area contributed by atoms with Crippen molar-refractivity contribution in [1.82, 2.24) is 19.9 Å². The Hall–Kier alpha value is -2.94. The van der Waals surface area contributed by atoms with Crippen LogP contribution in [0.4, 0.5) is 0 Å². The Morgan fingerprint density at radius 2 is 2.23 bits per heavy atom. The van der Waals surface area contributed by atoms with E-state index in [-0.39, 0.29) is 18.3 Å². The smallest absolute Gasteiger partial charge is 0.437 e. The fourth-order valence-electron chi connectivity index (χ4n) is 1.86. The maximum Gasteiger partial charge on any atom is 0.437 e. The second kappa shape index (κ2) is 5.11. The lowest BCUT2D eigenvalue weighted by atomic mass is 10.4. The summed E-state index contributed by atoms with van der Waals surface area (Å²) in [5, 5.41) is 9.83. The highest BCUT2D eigenvalue weighted by Gasteiger charge is 2.16. The molecule has 0 radical (unpaired) electrons. The molecule has 0 atom stereocenters. The summed E-state index contributed by atoms with van der Waals surface area (Å²) in [7, 11) is 0. The van der Waals surface area contributed by atoms with E-state index >= 15 is 0 Å². The lowest BCUT2D eigenvalue weighted by molar-refractivity contribution is 0.360. The maximum atomic E-state index is 11.8. The molecule has 4 aromatic heterocycles. The summed E-state index contributed by atoms with van der Waals surface area (Å²) in [4.78, 5) is 16.9. The van der Waals surface area contributed by atoms with Crippen LogP contribution >= 0.6 is 11.3 Å². The minimum Gasteiger partial charge on any atom is -0.459 e. The van der Waals surface area contributed by atoms with Crippen molar-refractivity contribution >= 4 is 11.3 Å². The van der Waals surface area contributed by atoms with Crippen molar-refractivity contribution in [3.05, 3.63) is 52.4 Å². The quantitative estimate of drug-likeness (QED) is 0.569. The summed E-state index contributed by atoms with van der Waals surface area (Å²) in [6, 6.07) is 7.11. The van der Waals surface area contributed by atoms with Crippen LogP contribution in [0.2, 0.25) is 0 Å². The number of rotatable bonds is 4. The Morgan fingerprint density at radius 1 is 1.27 bits per heavy atom. The van der Waals surface area contributed by atoms with Gasteiger partial charge in [0.2, 0.25) is 11.7 Å². The SMILES string of the molecule is O=c1oc(-c2ccco2)nn1Cc1nc(-c2cccs2)no1. The molecule has 0 aliphatic heterocycles. The van der Waals surface area contributed by atoms with Crippen LogP contribution in [0.3, 0.4) is 0 Å². The minimum atomic E-state index is -0.623. The maximum absolute atomic E-state index is 11.8. The fraction of sp³-hybridized carbons (Fsp3) is 0.0769. The van der Waals surface area contributed by atoms with Crippen LogP contribution in [-0.4, -0.2) is 19.9 Å². The Kier molecular flexibility index (Phi) is 2.97. The zero-order chi connectivity index (χ0) is 14.9. The molecule has 0 aromatic carbocycles. The van der Waals surface area contributed by atoms with Gasteiger partial charge in [0.15, 0.2) is 5.76 Å². The highest BCUT2D eigenvalue weighted by atomic mass is 32.1. The second-order valence-corrected chi connectivity index (χ2v) is 5.24. The van der Waals surface area contributed by atoms with E-state index in [0.717, 1.165) is 9.56 Å². The molecule has 0 aliphatic rings. The van der Waals surface area contributed by atoms with Crippen molar-refractivity contribution in [3.8, 4) is 22.4 Å². The van der Waals surface area contributed by atoms with E-state index in [2.05, 4.69) is 15.2 Å². The van der Waals surface area contributed by atoms with Gasteiger partial charge in [-0.1, -0.05) is 11.2 Å². The number of hydrogen-bond donors (Lipinski definition) is 0. The molecule has 0 unspecified atom stereocenters. The number of hydrogen-bond acceptors (Lipinski definition) is 8. The predicted molar refractivity (Wildman–Crippen MR) is 75.2 cm³/mol. The zero-order valence-corrected chi connectivity index (χ0v) is 11.8. The molecule has 0 saturated heterocycles. The third-order valence-corrected chi connectivity index (χ3v) is 3.70. The zero-order valence-electron chi connectivity index (χ0n) is 11.0. The third kappa shape index (κ3) is 2.27. The van der Waals surface area contributed by atoms with Crippen molar-refractivity contribution in [2.45, 2.75) is 6.54 Å². The van der Waals surface area contributed by atoms with Gasteiger partial charge in [0.1, 0.15) is 6.54 Å². The van der Waals surface area contributed by atoms with Crippen molar-refractivity contribution in [1.29, 1.82) is 0 Å². The molecule has 0 saturated carbocycles. The molecule has 8 nitrogen and oxygen atoms in total. The molecule has 22 heavy (non-hydrogen) atoms. The Balaban J connectivity index is 1.60. The molecule has 4 aromatic rings. The van der Waals surface area contributed by atoms with Gasteiger partial charge in [-0.25, -0.2) is 4.79 Å². The van der Waals surface area contributed by atoms with Crippen molar-refractivity contribution in [3.63, 3.8) is 0 Å². The summed E-state index contributed by atoms with van der Waals surface area (Å²) >= 11 is 1.50. The first-order chi connectivity index (χ1) is 10.8. The summed E-state index contributed by atoms with van der Waals surface area (Å²) in [6.07, 6.45) is 1.47. The Bertz CT molecular complexity index is 933. The monoisotopic (exact) mass is 316 g/mol. The van der Waals surface area contributed by atoms with E-state index < -0.39 is 5.76 Å². The third-order valence-electron chi connectivity index (χ3n) is 2.83. The topological polar surface area (TPSA) is 100 Å². The van der Waals surface area contributed by atoms with Gasteiger partial charge in [-0.2, -0.15) is 9.67 Å². The highest BCUT2D eigenvalue weighted by Crippen LogP contribution is 2.21. The average Bonchev–Trinajstić information content (AvgIpc) is 3.28. The van der Waals surface area contributed by atoms with Crippen LogP contribution in [0, 0.1) is 0 Å². The van der Waals surface area contributed by atoms with Crippen molar-refractivity contribution in [2.75, 3.05) is 0 Å². The second-order valence-electron chi connectivity index (χ2n) is 4.30. The first-order valence-corrected chi connectivity index (χ1v) is 7.16. The van der Waals surface area contributed by atoms with Gasteiger partial charge in [0.05, 0.1) is 11.1 Å². The molecule has 0 fully saturated rings. The van der Waals surface area contributed by atoms with Crippen molar-refractivity contribution < 1.29 is 13.4 Å². The van der Waals surface area contributed by atoms with Crippen LogP contribution in [0.25, 0.3) is 22.4 Å². The van der Waals surface area contributed by atoms with Gasteiger partial charge in [-0.3, -0.25) is 0 Å². The Labute approximate surface area is 126 Å². The molecule has 0 spiro atoms. The number of aromatic nitrogens is 4. The Morgan fingerprint density at radius 3 is 3.00 bits per heavy atom. The first-order valence-electron chi connectivity index (χ1n) is 6.28. The summed E-state index contributed by atoms with van der Waals surface area (Å²) in [5.41, 5.74) is 0. The molecule has 4 rings (SSSR count). The van der Waals surface area contributed by atoms with E-state index in [1.807, 2.05) is 17.5 Å². The largest absolute Gasteiger partial charge is 0.459 e. The number of furan rings is 1. The summed E-state index contributed by atoms with van der Waals surface area (Å²) in [6.45, 7) is 0.0292. The van der Waals surface area contributed by atoms with Gasteiger partial charge in [0, 0.05) is 0 Å². The lowest BCUT2D eigenvalue weighted by Crippen LogP contribution is -2.16. The van der Waals surface area contributed by atoms with Gasteiger partial charge < -0.3 is 13.4 Å². The fourth-order valence-corrected chi connectivity index (χ4v) is 2.51. The number of nitrogens with zero attached hydrogens (tertiary/aromatic N) is 4. The standard InChI is InChI=1S/C13H8N4O4S/c18-13-17(15-12(20-13)8-3-1-5-19-8)7-10-14-11(16-21-10)9-4-2-6-22-9/h1-6H,7H2. The molecular formula is C13H8N4O4S. The molecule has 9 heteroatoms. The molecule has 0 N–H and O–H groups in total. The molecule has 0 amide bonds. The van der Waals surface area contributed by atoms with Crippen LogP contribution < -0.4 is 5.76 Å². The molecule has 4 heterocycles. The molecule has 0 aliphatic carbocycles. The summed E-state index contributed by atoms with van der Waals surface area (Å²) in [5.74, 6) is 0.605. The van der Waals surface area contributed by atoms with E-state index in [1.54, 1.807) is 12.1 Å². The highest BCUT2D eigenvalue weighted by molar-refractivity contribution is 7.13. The predicted octanol–water partition coefficient (Wildman–Crippen LogP) is 2.26. The van der Waals surface area contributed by atoms with E-state index in [0.29, 0.717) is 11.6 Å². The van der Waals surface area contributed by atoms with Gasteiger partial charge in [-0.15, -0.1) is 16.4 Å². The molecular weight excluding hydrogens is 308 g/mol. The summed E-state index contributed by atoms with van der Waals surface area (Å²) < 4.78 is 16.4. The van der Waals surface area contributed by atoms with Gasteiger partial charge in [0.25, 0.3) is 5.89 Å². The van der Waals surface area contributed by atoms with Gasteiger partial charge >= 0.3 is 5.76 Å². The van der Waals surface area contributed by atoms with E-state index in [1.165, 1.54) is 17.6 Å². The van der Waals surface area contributed by atoms with Crippen LogP contribution in [0.15, 0.2) is 54.1 Å². The molecule has 110 valence electrons. The lowest BCUT2D eigenvalue weighted by Gasteiger charge is -1.90.